The van der Waals surface area contributed by atoms with Crippen LogP contribution in [0, 0.1) is 12.7 Å². The zero-order chi connectivity index (χ0) is 23.8. The van der Waals surface area contributed by atoms with E-state index in [4.69, 9.17) is 0 Å². The number of carbonyl (C=O) groups excluding carboxylic acids is 1. The lowest BCUT2D eigenvalue weighted by Crippen LogP contribution is -2.23. The molecule has 0 saturated carbocycles. The van der Waals surface area contributed by atoms with E-state index in [0.717, 1.165) is 27.9 Å². The van der Waals surface area contributed by atoms with Crippen LogP contribution in [0.2, 0.25) is 0 Å². The number of nitrogens with one attached hydrogen (secondary N) is 2. The maximum absolute atomic E-state index is 13.0. The van der Waals surface area contributed by atoms with Gasteiger partial charge >= 0.3 is 0 Å². The molecule has 0 fully saturated rings. The van der Waals surface area contributed by atoms with Crippen molar-refractivity contribution in [2.75, 3.05) is 11.1 Å². The summed E-state index contributed by atoms with van der Waals surface area (Å²) in [4.78, 5) is 12.3. The molecule has 0 aliphatic heterocycles. The van der Waals surface area contributed by atoms with E-state index in [9.17, 15) is 9.18 Å². The number of nitrogens with zero attached hydrogens (tertiary/aromatic N) is 3. The number of hydrogen-bond donors (Lipinski definition) is 2. The summed E-state index contributed by atoms with van der Waals surface area (Å²) in [6.45, 7) is 2.95. The van der Waals surface area contributed by atoms with Crippen LogP contribution in [-0.4, -0.2) is 26.4 Å². The molecule has 0 aliphatic carbocycles. The molecule has 174 valence electrons. The fourth-order valence-electron chi connectivity index (χ4n) is 3.41. The number of thioether (sulfide) groups is 1. The van der Waals surface area contributed by atoms with Crippen LogP contribution in [-0.2, 0) is 17.9 Å². The normalized spacial score (nSPS) is 10.8. The number of hydrogen-bond acceptors (Lipinski definition) is 5. The second-order valence-corrected chi connectivity index (χ2v) is 8.86. The number of anilines is 1. The van der Waals surface area contributed by atoms with Gasteiger partial charge in [-0.1, -0.05) is 54.2 Å². The highest BCUT2D eigenvalue weighted by Gasteiger charge is 2.15. The molecule has 4 rings (SSSR count). The molecule has 0 spiro atoms. The highest BCUT2D eigenvalue weighted by molar-refractivity contribution is 7.99. The number of benzene rings is 3. The third kappa shape index (κ3) is 6.45. The minimum absolute atomic E-state index is 0.0658. The van der Waals surface area contributed by atoms with Crippen LogP contribution in [0.25, 0.3) is 5.69 Å². The monoisotopic (exact) mass is 475 g/mol. The van der Waals surface area contributed by atoms with Gasteiger partial charge < -0.3 is 10.6 Å². The van der Waals surface area contributed by atoms with Gasteiger partial charge in [0.05, 0.1) is 6.54 Å². The van der Waals surface area contributed by atoms with Crippen LogP contribution < -0.4 is 10.6 Å². The summed E-state index contributed by atoms with van der Waals surface area (Å²) in [6.07, 6.45) is 0.338. The Morgan fingerprint density at radius 2 is 1.76 bits per heavy atom. The molecule has 4 aromatic rings. The van der Waals surface area contributed by atoms with E-state index >= 15 is 0 Å². The van der Waals surface area contributed by atoms with Crippen LogP contribution in [0.15, 0.2) is 84.0 Å². The smallest absolute Gasteiger partial charge is 0.221 e. The van der Waals surface area contributed by atoms with Gasteiger partial charge in [0.2, 0.25) is 5.91 Å². The third-order valence-electron chi connectivity index (χ3n) is 5.15. The van der Waals surface area contributed by atoms with Crippen molar-refractivity contribution in [2.45, 2.75) is 31.6 Å². The lowest BCUT2D eigenvalue weighted by atomic mass is 10.2. The minimum Gasteiger partial charge on any atom is -0.378 e. The van der Waals surface area contributed by atoms with Crippen molar-refractivity contribution >= 4 is 23.4 Å². The molecule has 1 heterocycles. The van der Waals surface area contributed by atoms with Gasteiger partial charge in [0.15, 0.2) is 11.0 Å². The highest BCUT2D eigenvalue weighted by atomic mass is 32.2. The Bertz CT molecular complexity index is 1230. The zero-order valence-corrected chi connectivity index (χ0v) is 19.7. The van der Waals surface area contributed by atoms with E-state index in [2.05, 4.69) is 39.9 Å². The van der Waals surface area contributed by atoms with Crippen LogP contribution in [0.4, 0.5) is 10.1 Å². The van der Waals surface area contributed by atoms with Crippen molar-refractivity contribution < 1.29 is 9.18 Å². The molecular formula is C26H26FN5OS. The molecule has 3 aromatic carbocycles. The van der Waals surface area contributed by atoms with E-state index < -0.39 is 0 Å². The Morgan fingerprint density at radius 1 is 0.971 bits per heavy atom. The first kappa shape index (κ1) is 23.5. The topological polar surface area (TPSA) is 71.8 Å². The summed E-state index contributed by atoms with van der Waals surface area (Å²) in [5.74, 6) is 0.994. The van der Waals surface area contributed by atoms with Crippen molar-refractivity contribution in [3.63, 3.8) is 0 Å². The van der Waals surface area contributed by atoms with Crippen LogP contribution in [0.5, 0.6) is 0 Å². The molecule has 0 atom stereocenters. The van der Waals surface area contributed by atoms with Gasteiger partial charge in [-0.15, -0.1) is 10.2 Å². The first-order valence-electron chi connectivity index (χ1n) is 11.0. The van der Waals surface area contributed by atoms with Crippen molar-refractivity contribution in [1.29, 1.82) is 0 Å². The zero-order valence-electron chi connectivity index (χ0n) is 18.9. The van der Waals surface area contributed by atoms with Gasteiger partial charge in [0.25, 0.3) is 0 Å². The van der Waals surface area contributed by atoms with Crippen molar-refractivity contribution in [2.24, 2.45) is 0 Å². The number of carbonyl (C=O) groups is 1. The Kier molecular flexibility index (Phi) is 7.93. The SMILES string of the molecule is Cc1cccc(NCc2nnc(SCCC(=O)NCc3ccc(F)cc3)n2-c2ccccc2)c1. The highest BCUT2D eigenvalue weighted by Crippen LogP contribution is 2.23. The van der Waals surface area contributed by atoms with Gasteiger partial charge in [0.1, 0.15) is 5.82 Å². The first-order chi connectivity index (χ1) is 16.6. The second-order valence-electron chi connectivity index (χ2n) is 7.79. The quantitative estimate of drug-likeness (QED) is 0.311. The van der Waals surface area contributed by atoms with Gasteiger partial charge in [0, 0.05) is 30.1 Å². The van der Waals surface area contributed by atoms with E-state index in [0.29, 0.717) is 25.3 Å². The van der Waals surface area contributed by atoms with E-state index in [1.807, 2.05) is 47.0 Å². The molecule has 1 amide bonds. The van der Waals surface area contributed by atoms with Gasteiger partial charge in [-0.05, 0) is 54.4 Å². The first-order valence-corrected chi connectivity index (χ1v) is 12.0. The number of aryl methyl sites for hydroxylation is 1. The summed E-state index contributed by atoms with van der Waals surface area (Å²) >= 11 is 1.49. The number of amides is 1. The van der Waals surface area contributed by atoms with E-state index in [-0.39, 0.29) is 11.7 Å². The predicted octanol–water partition coefficient (Wildman–Crippen LogP) is 5.13. The number of para-hydroxylation sites is 1. The summed E-state index contributed by atoms with van der Waals surface area (Å²) < 4.78 is 15.0. The Hall–Kier alpha value is -3.65. The van der Waals surface area contributed by atoms with Gasteiger partial charge in [-0.2, -0.15) is 0 Å². The number of halogens is 1. The van der Waals surface area contributed by atoms with Crippen LogP contribution in [0.1, 0.15) is 23.4 Å². The predicted molar refractivity (Wildman–Crippen MR) is 133 cm³/mol. The Labute approximate surface area is 202 Å². The third-order valence-corrected chi connectivity index (χ3v) is 6.08. The molecule has 0 saturated heterocycles. The van der Waals surface area contributed by atoms with Crippen molar-refractivity contribution in [3.8, 4) is 5.69 Å². The lowest BCUT2D eigenvalue weighted by molar-refractivity contribution is -0.120. The maximum atomic E-state index is 13.0. The molecule has 2 N–H and O–H groups in total. The molecule has 1 aromatic heterocycles. The molecular weight excluding hydrogens is 449 g/mol. The second kappa shape index (κ2) is 11.5. The van der Waals surface area contributed by atoms with Crippen LogP contribution in [0.3, 0.4) is 0 Å². The minimum atomic E-state index is -0.289. The summed E-state index contributed by atoms with van der Waals surface area (Å²) in [7, 11) is 0. The fourth-order valence-corrected chi connectivity index (χ4v) is 4.32. The van der Waals surface area contributed by atoms with Gasteiger partial charge in [-0.25, -0.2) is 4.39 Å². The summed E-state index contributed by atoms with van der Waals surface area (Å²) in [6, 6.07) is 24.2. The summed E-state index contributed by atoms with van der Waals surface area (Å²) in [5.41, 5.74) is 4.03. The van der Waals surface area contributed by atoms with Crippen molar-refractivity contribution in [3.05, 3.63) is 102 Å². The van der Waals surface area contributed by atoms with E-state index in [1.54, 1.807) is 12.1 Å². The maximum Gasteiger partial charge on any atom is 0.221 e. The van der Waals surface area contributed by atoms with E-state index in [1.165, 1.54) is 29.5 Å². The average Bonchev–Trinajstić information content (AvgIpc) is 3.25. The standard InChI is InChI=1S/C26H26FN5OS/c1-19-6-5-7-22(16-19)28-18-24-30-31-26(32(24)23-8-3-2-4-9-23)34-15-14-25(33)29-17-20-10-12-21(27)13-11-20/h2-13,16,28H,14-15,17-18H2,1H3,(H,29,33). The molecule has 0 radical (unpaired) electrons. The average molecular weight is 476 g/mol. The van der Waals surface area contributed by atoms with Gasteiger partial charge in [-0.3, -0.25) is 9.36 Å². The molecule has 6 nitrogen and oxygen atoms in total. The number of rotatable bonds is 10. The fraction of sp³-hybridized carbons (Fsp3) is 0.192. The Morgan fingerprint density at radius 3 is 2.53 bits per heavy atom. The molecule has 0 bridgehead atoms. The summed E-state index contributed by atoms with van der Waals surface area (Å²) in [5, 5.41) is 15.8. The molecule has 0 unspecified atom stereocenters. The number of aromatic nitrogens is 3. The molecule has 0 aliphatic rings. The molecule has 34 heavy (non-hydrogen) atoms. The van der Waals surface area contributed by atoms with Crippen molar-refractivity contribution in [1.82, 2.24) is 20.1 Å². The lowest BCUT2D eigenvalue weighted by Gasteiger charge is -2.12. The Balaban J connectivity index is 1.38. The van der Waals surface area contributed by atoms with Crippen LogP contribution >= 0.6 is 11.8 Å². The largest absolute Gasteiger partial charge is 0.378 e. The molecule has 8 heteroatoms.